The molecule has 0 saturated carbocycles. The van der Waals surface area contributed by atoms with E-state index < -0.39 is 0 Å². The van der Waals surface area contributed by atoms with E-state index in [9.17, 15) is 4.79 Å². The molecule has 4 heteroatoms. The van der Waals surface area contributed by atoms with Crippen molar-refractivity contribution in [3.8, 4) is 0 Å². The first kappa shape index (κ1) is 13.9. The third kappa shape index (κ3) is 3.75. The number of hydrogen-bond acceptors (Lipinski definition) is 3. The second kappa shape index (κ2) is 6.61. The van der Waals surface area contributed by atoms with Gasteiger partial charge in [-0.1, -0.05) is 30.3 Å². The van der Waals surface area contributed by atoms with Gasteiger partial charge in [0.15, 0.2) is 0 Å². The number of carbonyl (C=O) groups is 1. The lowest BCUT2D eigenvalue weighted by molar-refractivity contribution is -0.116. The van der Waals surface area contributed by atoms with Crippen molar-refractivity contribution in [1.29, 1.82) is 0 Å². The molecule has 0 heterocycles. The Morgan fingerprint density at radius 2 is 1.75 bits per heavy atom. The number of amides is 1. The quantitative estimate of drug-likeness (QED) is 0.821. The number of nitrogens with two attached hydrogens (primary N) is 1. The highest BCUT2D eigenvalue weighted by Gasteiger charge is 2.07. The van der Waals surface area contributed by atoms with Crippen molar-refractivity contribution in [2.24, 2.45) is 0 Å². The minimum atomic E-state index is -0.0364. The summed E-state index contributed by atoms with van der Waals surface area (Å²) < 4.78 is 0. The highest BCUT2D eigenvalue weighted by molar-refractivity contribution is 5.94. The number of para-hydroxylation sites is 3. The van der Waals surface area contributed by atoms with Crippen LogP contribution < -0.4 is 16.0 Å². The molecule has 4 nitrogen and oxygen atoms in total. The van der Waals surface area contributed by atoms with Crippen LogP contribution in [0, 0.1) is 0 Å². The van der Waals surface area contributed by atoms with Crippen molar-refractivity contribution in [3.05, 3.63) is 54.6 Å². The molecule has 2 aromatic rings. The zero-order valence-corrected chi connectivity index (χ0v) is 11.5. The maximum Gasteiger partial charge on any atom is 0.226 e. The van der Waals surface area contributed by atoms with E-state index >= 15 is 0 Å². The van der Waals surface area contributed by atoms with Gasteiger partial charge in [0, 0.05) is 25.7 Å². The summed E-state index contributed by atoms with van der Waals surface area (Å²) >= 11 is 0. The molecule has 0 bridgehead atoms. The smallest absolute Gasteiger partial charge is 0.226 e. The van der Waals surface area contributed by atoms with Crippen molar-refractivity contribution in [2.45, 2.75) is 6.42 Å². The molecular formula is C16H19N3O. The second-order valence-electron chi connectivity index (χ2n) is 4.64. The minimum Gasteiger partial charge on any atom is -0.397 e. The predicted molar refractivity (Wildman–Crippen MR) is 83.8 cm³/mol. The van der Waals surface area contributed by atoms with Gasteiger partial charge < -0.3 is 16.0 Å². The zero-order valence-electron chi connectivity index (χ0n) is 11.5. The van der Waals surface area contributed by atoms with Crippen LogP contribution in [0.4, 0.5) is 17.1 Å². The van der Waals surface area contributed by atoms with Gasteiger partial charge in [-0.3, -0.25) is 4.79 Å². The number of hydrogen-bond donors (Lipinski definition) is 2. The van der Waals surface area contributed by atoms with Gasteiger partial charge in [0.2, 0.25) is 5.91 Å². The topological polar surface area (TPSA) is 58.4 Å². The highest BCUT2D eigenvalue weighted by atomic mass is 16.1. The van der Waals surface area contributed by atoms with E-state index in [1.54, 1.807) is 12.1 Å². The first-order valence-corrected chi connectivity index (χ1v) is 6.57. The standard InChI is InChI=1S/C16H19N3O/c1-19(13-7-3-2-4-8-13)12-11-16(20)18-15-10-6-5-9-14(15)17/h2-10H,11-12,17H2,1H3,(H,18,20). The molecule has 0 saturated heterocycles. The Kier molecular flexibility index (Phi) is 4.60. The fourth-order valence-corrected chi connectivity index (χ4v) is 1.90. The number of benzene rings is 2. The van der Waals surface area contributed by atoms with Crippen LogP contribution in [0.15, 0.2) is 54.6 Å². The predicted octanol–water partition coefficient (Wildman–Crippen LogP) is 2.73. The van der Waals surface area contributed by atoms with E-state index in [-0.39, 0.29) is 5.91 Å². The van der Waals surface area contributed by atoms with Gasteiger partial charge in [0.05, 0.1) is 11.4 Å². The summed E-state index contributed by atoms with van der Waals surface area (Å²) in [6.07, 6.45) is 0.416. The Morgan fingerprint density at radius 3 is 2.45 bits per heavy atom. The Labute approximate surface area is 119 Å². The van der Waals surface area contributed by atoms with Crippen LogP contribution in [0.1, 0.15) is 6.42 Å². The number of anilines is 3. The van der Waals surface area contributed by atoms with Crippen LogP contribution in [-0.4, -0.2) is 19.5 Å². The van der Waals surface area contributed by atoms with Crippen molar-refractivity contribution >= 4 is 23.0 Å². The fraction of sp³-hybridized carbons (Fsp3) is 0.188. The monoisotopic (exact) mass is 269 g/mol. The molecule has 3 N–H and O–H groups in total. The molecule has 0 radical (unpaired) electrons. The van der Waals surface area contributed by atoms with Gasteiger partial charge in [0.1, 0.15) is 0 Å². The molecule has 1 amide bonds. The SMILES string of the molecule is CN(CCC(=O)Nc1ccccc1N)c1ccccc1. The van der Waals surface area contributed by atoms with Crippen LogP contribution in [-0.2, 0) is 4.79 Å². The Bertz CT molecular complexity index is 569. The maximum absolute atomic E-state index is 11.9. The molecule has 0 aromatic heterocycles. The molecule has 2 aromatic carbocycles. The number of carbonyl (C=O) groups excluding carboxylic acids is 1. The van der Waals surface area contributed by atoms with Crippen molar-refractivity contribution in [1.82, 2.24) is 0 Å². The molecule has 2 rings (SSSR count). The van der Waals surface area contributed by atoms with Gasteiger partial charge in [-0.25, -0.2) is 0 Å². The first-order valence-electron chi connectivity index (χ1n) is 6.57. The Hall–Kier alpha value is -2.49. The normalized spacial score (nSPS) is 10.1. The molecule has 0 spiro atoms. The molecule has 20 heavy (non-hydrogen) atoms. The van der Waals surface area contributed by atoms with Crippen molar-refractivity contribution in [2.75, 3.05) is 29.5 Å². The number of nitrogens with zero attached hydrogens (tertiary/aromatic N) is 1. The maximum atomic E-state index is 11.9. The summed E-state index contributed by atoms with van der Waals surface area (Å²) in [5.41, 5.74) is 8.13. The lowest BCUT2D eigenvalue weighted by Crippen LogP contribution is -2.24. The summed E-state index contributed by atoms with van der Waals surface area (Å²) in [5, 5.41) is 2.83. The van der Waals surface area contributed by atoms with Crippen molar-refractivity contribution in [3.63, 3.8) is 0 Å². The van der Waals surface area contributed by atoms with Gasteiger partial charge in [-0.15, -0.1) is 0 Å². The van der Waals surface area contributed by atoms with Crippen molar-refractivity contribution < 1.29 is 4.79 Å². The fourth-order valence-electron chi connectivity index (χ4n) is 1.90. The van der Waals surface area contributed by atoms with E-state index in [2.05, 4.69) is 5.32 Å². The Morgan fingerprint density at radius 1 is 1.10 bits per heavy atom. The summed E-state index contributed by atoms with van der Waals surface area (Å²) in [6, 6.07) is 17.2. The summed E-state index contributed by atoms with van der Waals surface area (Å²) in [5.74, 6) is -0.0364. The van der Waals surface area contributed by atoms with E-state index in [1.807, 2.05) is 54.4 Å². The van der Waals surface area contributed by atoms with E-state index in [0.717, 1.165) is 5.69 Å². The average molecular weight is 269 g/mol. The number of nitrogens with one attached hydrogen (secondary N) is 1. The van der Waals surface area contributed by atoms with Crippen LogP contribution in [0.25, 0.3) is 0 Å². The van der Waals surface area contributed by atoms with Crippen LogP contribution in [0.2, 0.25) is 0 Å². The summed E-state index contributed by atoms with van der Waals surface area (Å²) in [4.78, 5) is 14.0. The third-order valence-electron chi connectivity index (χ3n) is 3.11. The third-order valence-corrected chi connectivity index (χ3v) is 3.11. The Balaban J connectivity index is 1.85. The number of nitrogen functional groups attached to an aromatic ring is 1. The lowest BCUT2D eigenvalue weighted by atomic mass is 10.2. The lowest BCUT2D eigenvalue weighted by Gasteiger charge is -2.18. The van der Waals surface area contributed by atoms with E-state index in [4.69, 9.17) is 5.73 Å². The molecule has 0 atom stereocenters. The molecule has 0 aliphatic heterocycles. The van der Waals surface area contributed by atoms with E-state index in [0.29, 0.717) is 24.3 Å². The van der Waals surface area contributed by atoms with Crippen LogP contribution in [0.3, 0.4) is 0 Å². The summed E-state index contributed by atoms with van der Waals surface area (Å²) in [6.45, 7) is 0.655. The second-order valence-corrected chi connectivity index (χ2v) is 4.64. The van der Waals surface area contributed by atoms with Gasteiger partial charge in [-0.2, -0.15) is 0 Å². The number of rotatable bonds is 5. The average Bonchev–Trinajstić information content (AvgIpc) is 2.48. The van der Waals surface area contributed by atoms with Gasteiger partial charge in [0.25, 0.3) is 0 Å². The molecule has 0 unspecified atom stereocenters. The summed E-state index contributed by atoms with van der Waals surface area (Å²) in [7, 11) is 1.97. The van der Waals surface area contributed by atoms with Gasteiger partial charge >= 0.3 is 0 Å². The molecular weight excluding hydrogens is 250 g/mol. The molecule has 0 aliphatic carbocycles. The molecule has 0 fully saturated rings. The zero-order chi connectivity index (χ0) is 14.4. The van der Waals surface area contributed by atoms with Crippen LogP contribution >= 0.6 is 0 Å². The molecule has 0 aliphatic rings. The van der Waals surface area contributed by atoms with Crippen LogP contribution in [0.5, 0.6) is 0 Å². The highest BCUT2D eigenvalue weighted by Crippen LogP contribution is 2.17. The molecule has 104 valence electrons. The first-order chi connectivity index (χ1) is 9.66. The van der Waals surface area contributed by atoms with Gasteiger partial charge in [-0.05, 0) is 24.3 Å². The minimum absolute atomic E-state index is 0.0364. The van der Waals surface area contributed by atoms with E-state index in [1.165, 1.54) is 0 Å². The largest absolute Gasteiger partial charge is 0.397 e.